The minimum Gasteiger partial charge on any atom is -0.373 e. The molecule has 1 unspecified atom stereocenters. The zero-order valence-corrected chi connectivity index (χ0v) is 18.1. The molecular formula is C25H27N5O. The van der Waals surface area contributed by atoms with Crippen molar-refractivity contribution in [2.24, 2.45) is 4.99 Å². The Labute approximate surface area is 183 Å². The summed E-state index contributed by atoms with van der Waals surface area (Å²) in [6.07, 6.45) is 3.94. The van der Waals surface area contributed by atoms with Gasteiger partial charge in [-0.1, -0.05) is 24.3 Å². The summed E-state index contributed by atoms with van der Waals surface area (Å²) in [6, 6.07) is 15.8. The lowest BCUT2D eigenvalue weighted by molar-refractivity contribution is -0.0746. The Morgan fingerprint density at radius 1 is 1.13 bits per heavy atom. The third kappa shape index (κ3) is 4.58. The average molecular weight is 414 g/mol. The van der Waals surface area contributed by atoms with Gasteiger partial charge >= 0.3 is 0 Å². The fourth-order valence-electron chi connectivity index (χ4n) is 4.17. The maximum absolute atomic E-state index is 9.03. The van der Waals surface area contributed by atoms with E-state index in [-0.39, 0.29) is 18.4 Å². The predicted octanol–water partition coefficient (Wildman–Crippen LogP) is 3.85. The fraction of sp³-hybridized carbons (Fsp3) is 0.320. The molecule has 2 heterocycles. The van der Waals surface area contributed by atoms with E-state index in [4.69, 9.17) is 15.4 Å². The second-order valence-corrected chi connectivity index (χ2v) is 8.22. The Morgan fingerprint density at radius 3 is 2.48 bits per heavy atom. The lowest BCUT2D eigenvalue weighted by Gasteiger charge is -2.38. The largest absolute Gasteiger partial charge is 0.373 e. The van der Waals surface area contributed by atoms with Crippen LogP contribution in [0.1, 0.15) is 30.5 Å². The minimum atomic E-state index is -0.104. The molecule has 31 heavy (non-hydrogen) atoms. The van der Waals surface area contributed by atoms with Crippen LogP contribution in [0.3, 0.4) is 0 Å². The van der Waals surface area contributed by atoms with E-state index in [2.05, 4.69) is 41.2 Å². The molecule has 2 aliphatic heterocycles. The summed E-state index contributed by atoms with van der Waals surface area (Å²) < 4.78 is 5.85. The van der Waals surface area contributed by atoms with Gasteiger partial charge in [-0.2, -0.15) is 5.26 Å². The van der Waals surface area contributed by atoms with E-state index in [1.807, 2.05) is 49.4 Å². The number of allylic oxidation sites excluding steroid dienone is 1. The lowest BCUT2D eigenvalue weighted by Crippen LogP contribution is -2.50. The third-order valence-electron chi connectivity index (χ3n) is 5.71. The van der Waals surface area contributed by atoms with Gasteiger partial charge in [0.2, 0.25) is 0 Å². The van der Waals surface area contributed by atoms with E-state index in [9.17, 15) is 0 Å². The summed E-state index contributed by atoms with van der Waals surface area (Å²) in [7, 11) is 0. The van der Waals surface area contributed by atoms with Gasteiger partial charge in [0.05, 0.1) is 41.6 Å². The molecule has 2 aromatic carbocycles. The number of ether oxygens (including phenoxy) is 1. The van der Waals surface area contributed by atoms with Crippen molar-refractivity contribution in [1.82, 2.24) is 10.2 Å². The van der Waals surface area contributed by atoms with Crippen LogP contribution in [0.25, 0.3) is 11.1 Å². The van der Waals surface area contributed by atoms with Crippen molar-refractivity contribution in [1.29, 1.82) is 10.7 Å². The molecule has 0 bridgehead atoms. The van der Waals surface area contributed by atoms with E-state index in [1.54, 1.807) is 6.34 Å². The van der Waals surface area contributed by atoms with Crippen LogP contribution < -0.4 is 5.32 Å². The van der Waals surface area contributed by atoms with Gasteiger partial charge in [0.15, 0.2) is 0 Å². The van der Waals surface area contributed by atoms with E-state index in [0.29, 0.717) is 11.3 Å². The smallest absolute Gasteiger partial charge is 0.125 e. The molecule has 4 rings (SSSR count). The van der Waals surface area contributed by atoms with E-state index in [0.717, 1.165) is 41.0 Å². The SMILES string of the molecule is Cc1ccc(-c2ccc(C#N)cc2)cc1C(=N)C1=CC(N2C[C@@H](C)O[C@@H](C)C2)N=CN1. The first kappa shape index (κ1) is 21.0. The number of nitrogens with zero attached hydrogens (tertiary/aromatic N) is 3. The zero-order chi connectivity index (χ0) is 22.0. The first-order valence-corrected chi connectivity index (χ1v) is 10.5. The summed E-state index contributed by atoms with van der Waals surface area (Å²) in [5.74, 6) is 0. The van der Waals surface area contributed by atoms with Crippen molar-refractivity contribution in [3.05, 3.63) is 70.9 Å². The molecule has 3 atom stereocenters. The van der Waals surface area contributed by atoms with Crippen molar-refractivity contribution in [3.63, 3.8) is 0 Å². The van der Waals surface area contributed by atoms with Gasteiger partial charge in [-0.15, -0.1) is 0 Å². The standard InChI is InChI=1S/C25H27N5O/c1-16-4-7-21(20-8-5-19(12-26)6-9-20)10-22(16)25(27)23-11-24(29-15-28-23)30-13-17(2)31-18(3)14-30/h4-11,15,17-18,24,27H,13-14H2,1-3H3,(H,28,29)/t17-,18+,24?. The predicted molar refractivity (Wildman–Crippen MR) is 123 cm³/mol. The number of morpholine rings is 1. The molecule has 2 N–H and O–H groups in total. The monoisotopic (exact) mass is 413 g/mol. The van der Waals surface area contributed by atoms with E-state index in [1.165, 1.54) is 0 Å². The Balaban J connectivity index is 1.59. The summed E-state index contributed by atoms with van der Waals surface area (Å²) >= 11 is 0. The first-order chi connectivity index (χ1) is 14.9. The fourth-order valence-corrected chi connectivity index (χ4v) is 4.17. The van der Waals surface area contributed by atoms with Crippen LogP contribution in [-0.4, -0.2) is 48.4 Å². The highest BCUT2D eigenvalue weighted by molar-refractivity contribution is 6.12. The number of nitrogens with one attached hydrogen (secondary N) is 2. The van der Waals surface area contributed by atoms with Gasteiger partial charge in [0, 0.05) is 18.7 Å². The number of aliphatic imine (C=N–C) groups is 1. The Hall–Kier alpha value is -3.27. The summed E-state index contributed by atoms with van der Waals surface area (Å²) in [4.78, 5) is 6.88. The molecule has 0 aliphatic carbocycles. The van der Waals surface area contributed by atoms with Gasteiger partial charge in [-0.3, -0.25) is 15.3 Å². The molecule has 158 valence electrons. The van der Waals surface area contributed by atoms with Crippen LogP contribution in [0.15, 0.2) is 59.2 Å². The van der Waals surface area contributed by atoms with Gasteiger partial charge in [0.1, 0.15) is 6.17 Å². The third-order valence-corrected chi connectivity index (χ3v) is 5.71. The van der Waals surface area contributed by atoms with Crippen molar-refractivity contribution >= 4 is 12.1 Å². The van der Waals surface area contributed by atoms with Crippen molar-refractivity contribution < 1.29 is 4.74 Å². The number of hydrogen-bond acceptors (Lipinski definition) is 6. The van der Waals surface area contributed by atoms with Crippen LogP contribution in [-0.2, 0) is 4.74 Å². The minimum absolute atomic E-state index is 0.104. The second kappa shape index (κ2) is 8.84. The molecule has 2 aliphatic rings. The molecule has 2 aromatic rings. The van der Waals surface area contributed by atoms with Crippen LogP contribution in [0.2, 0.25) is 0 Å². The van der Waals surface area contributed by atoms with Gasteiger partial charge in [-0.05, 0) is 61.7 Å². The summed E-state index contributed by atoms with van der Waals surface area (Å²) in [5, 5.41) is 21.1. The Bertz CT molecular complexity index is 1070. The average Bonchev–Trinajstić information content (AvgIpc) is 2.78. The van der Waals surface area contributed by atoms with Gasteiger partial charge in [-0.25, -0.2) is 0 Å². The topological polar surface area (TPSA) is 84.5 Å². The first-order valence-electron chi connectivity index (χ1n) is 10.5. The molecular weight excluding hydrogens is 386 g/mol. The zero-order valence-electron chi connectivity index (χ0n) is 18.1. The Kier molecular flexibility index (Phi) is 5.99. The highest BCUT2D eigenvalue weighted by Gasteiger charge is 2.28. The summed E-state index contributed by atoms with van der Waals surface area (Å²) in [6.45, 7) is 7.82. The van der Waals surface area contributed by atoms with Crippen molar-refractivity contribution in [2.45, 2.75) is 39.1 Å². The summed E-state index contributed by atoms with van der Waals surface area (Å²) in [5.41, 5.74) is 5.79. The maximum Gasteiger partial charge on any atom is 0.125 e. The van der Waals surface area contributed by atoms with Crippen LogP contribution in [0, 0.1) is 23.7 Å². The quantitative estimate of drug-likeness (QED) is 0.746. The van der Waals surface area contributed by atoms with Gasteiger partial charge in [0.25, 0.3) is 0 Å². The Morgan fingerprint density at radius 2 is 1.81 bits per heavy atom. The molecule has 6 nitrogen and oxygen atoms in total. The van der Waals surface area contributed by atoms with Crippen molar-refractivity contribution in [3.8, 4) is 17.2 Å². The van der Waals surface area contributed by atoms with Crippen LogP contribution >= 0.6 is 0 Å². The molecule has 0 amide bonds. The highest BCUT2D eigenvalue weighted by Crippen LogP contribution is 2.25. The van der Waals surface area contributed by atoms with E-state index >= 15 is 0 Å². The molecule has 1 saturated heterocycles. The van der Waals surface area contributed by atoms with Gasteiger partial charge < -0.3 is 10.1 Å². The van der Waals surface area contributed by atoms with E-state index < -0.39 is 0 Å². The van der Waals surface area contributed by atoms with Crippen LogP contribution in [0.4, 0.5) is 0 Å². The van der Waals surface area contributed by atoms with Crippen molar-refractivity contribution in [2.75, 3.05) is 13.1 Å². The highest BCUT2D eigenvalue weighted by atomic mass is 16.5. The molecule has 0 aromatic heterocycles. The second-order valence-electron chi connectivity index (χ2n) is 8.22. The number of nitriles is 1. The molecule has 0 radical (unpaired) electrons. The normalized spacial score (nSPS) is 23.5. The number of benzene rings is 2. The van der Waals surface area contributed by atoms with Crippen LogP contribution in [0.5, 0.6) is 0 Å². The number of rotatable bonds is 4. The number of hydrogen-bond donors (Lipinski definition) is 2. The molecule has 6 heteroatoms. The maximum atomic E-state index is 9.03. The molecule has 1 fully saturated rings. The molecule has 0 spiro atoms. The lowest BCUT2D eigenvalue weighted by atomic mass is 9.95. The number of aryl methyl sites for hydroxylation is 1. The molecule has 0 saturated carbocycles.